The average Bonchev–Trinajstić information content (AvgIpc) is 3.25. The molecule has 1 fully saturated rings. The van der Waals surface area contributed by atoms with Crippen molar-refractivity contribution in [3.8, 4) is 11.5 Å². The molecule has 0 bridgehead atoms. The van der Waals surface area contributed by atoms with Crippen LogP contribution in [0.4, 0.5) is 0 Å². The molecule has 2 unspecified atom stereocenters. The summed E-state index contributed by atoms with van der Waals surface area (Å²) in [5, 5.41) is 0.578. The Balaban J connectivity index is 2.29. The summed E-state index contributed by atoms with van der Waals surface area (Å²) in [6, 6.07) is 3.76. The molecule has 4 heteroatoms. The highest BCUT2D eigenvalue weighted by atomic mass is 35.5. The zero-order valence-corrected chi connectivity index (χ0v) is 13.8. The van der Waals surface area contributed by atoms with Crippen molar-refractivity contribution in [1.29, 1.82) is 0 Å². The van der Waals surface area contributed by atoms with Gasteiger partial charge in [0, 0.05) is 11.1 Å². The zero-order valence-electron chi connectivity index (χ0n) is 12.3. The van der Waals surface area contributed by atoms with E-state index in [1.807, 2.05) is 26.0 Å². The van der Waals surface area contributed by atoms with Crippen molar-refractivity contribution >= 4 is 23.2 Å². The fourth-order valence-corrected chi connectivity index (χ4v) is 3.16. The molecule has 2 rings (SSSR count). The van der Waals surface area contributed by atoms with Gasteiger partial charge in [0.15, 0.2) is 11.5 Å². The Morgan fingerprint density at radius 1 is 1.15 bits per heavy atom. The van der Waals surface area contributed by atoms with Crippen molar-refractivity contribution in [1.82, 2.24) is 0 Å². The largest absolute Gasteiger partial charge is 0.490 e. The first kappa shape index (κ1) is 15.8. The Morgan fingerprint density at radius 3 is 2.20 bits per heavy atom. The van der Waals surface area contributed by atoms with Crippen molar-refractivity contribution in [2.24, 2.45) is 11.8 Å². The number of alkyl halides is 1. The van der Waals surface area contributed by atoms with Gasteiger partial charge in [-0.1, -0.05) is 18.5 Å². The van der Waals surface area contributed by atoms with Crippen molar-refractivity contribution in [2.75, 3.05) is 13.2 Å². The van der Waals surface area contributed by atoms with E-state index in [0.29, 0.717) is 29.9 Å². The summed E-state index contributed by atoms with van der Waals surface area (Å²) in [7, 11) is 0. The number of halogens is 2. The van der Waals surface area contributed by atoms with Crippen LogP contribution in [0.15, 0.2) is 12.1 Å². The second-order valence-corrected chi connectivity index (χ2v) is 6.16. The molecule has 0 aromatic heterocycles. The third kappa shape index (κ3) is 3.53. The predicted octanol–water partition coefficient (Wildman–Crippen LogP) is 5.46. The van der Waals surface area contributed by atoms with E-state index in [9.17, 15) is 0 Å². The fourth-order valence-electron chi connectivity index (χ4n) is 2.44. The van der Waals surface area contributed by atoms with Gasteiger partial charge in [-0.3, -0.25) is 0 Å². The summed E-state index contributed by atoms with van der Waals surface area (Å²) in [6.07, 6.45) is 2.55. The quantitative estimate of drug-likeness (QED) is 0.621. The molecular formula is C16H22Cl2O2. The number of ether oxygens (including phenoxy) is 2. The topological polar surface area (TPSA) is 18.5 Å². The van der Waals surface area contributed by atoms with Crippen LogP contribution in [0.1, 0.15) is 44.6 Å². The lowest BCUT2D eigenvalue weighted by atomic mass is 9.95. The molecule has 0 heterocycles. The second-order valence-electron chi connectivity index (χ2n) is 5.28. The molecule has 1 aliphatic carbocycles. The van der Waals surface area contributed by atoms with Crippen LogP contribution in [0, 0.1) is 11.8 Å². The molecule has 0 spiro atoms. The highest BCUT2D eigenvalue weighted by molar-refractivity contribution is 6.33. The van der Waals surface area contributed by atoms with Crippen molar-refractivity contribution in [3.63, 3.8) is 0 Å². The molecule has 2 nitrogen and oxygen atoms in total. The molecular weight excluding hydrogens is 295 g/mol. The van der Waals surface area contributed by atoms with Gasteiger partial charge in [0.25, 0.3) is 0 Å². The first-order chi connectivity index (χ1) is 9.58. The lowest BCUT2D eigenvalue weighted by Gasteiger charge is -2.21. The maximum Gasteiger partial charge on any atom is 0.162 e. The van der Waals surface area contributed by atoms with E-state index in [1.165, 1.54) is 12.8 Å². The van der Waals surface area contributed by atoms with Crippen LogP contribution in [0.25, 0.3) is 0 Å². The molecule has 0 amide bonds. The van der Waals surface area contributed by atoms with Crippen LogP contribution in [0.5, 0.6) is 11.5 Å². The van der Waals surface area contributed by atoms with Crippen LogP contribution in [0.3, 0.4) is 0 Å². The van der Waals surface area contributed by atoms with Crippen molar-refractivity contribution < 1.29 is 9.47 Å². The van der Waals surface area contributed by atoms with Gasteiger partial charge in [-0.05, 0) is 50.2 Å². The molecule has 1 aromatic carbocycles. The molecule has 0 radical (unpaired) electrons. The Morgan fingerprint density at radius 2 is 1.70 bits per heavy atom. The van der Waals surface area contributed by atoms with Gasteiger partial charge in [-0.15, -0.1) is 11.6 Å². The maximum atomic E-state index is 6.62. The number of benzene rings is 1. The Hall–Kier alpha value is -0.600. The molecule has 20 heavy (non-hydrogen) atoms. The van der Waals surface area contributed by atoms with Gasteiger partial charge in [0.05, 0.1) is 18.6 Å². The van der Waals surface area contributed by atoms with Crippen LogP contribution in [0.2, 0.25) is 5.02 Å². The molecule has 112 valence electrons. The first-order valence-corrected chi connectivity index (χ1v) is 8.13. The monoisotopic (exact) mass is 316 g/mol. The van der Waals surface area contributed by atoms with E-state index in [2.05, 4.69) is 6.92 Å². The van der Waals surface area contributed by atoms with Crippen LogP contribution in [-0.2, 0) is 0 Å². The Kier molecular flexibility index (Phi) is 5.45. The number of hydrogen-bond donors (Lipinski definition) is 0. The molecule has 1 aliphatic rings. The van der Waals surface area contributed by atoms with Crippen molar-refractivity contribution in [3.05, 3.63) is 22.7 Å². The number of rotatable bonds is 7. The van der Waals surface area contributed by atoms with Gasteiger partial charge in [-0.2, -0.15) is 0 Å². The summed E-state index contributed by atoms with van der Waals surface area (Å²) in [5.74, 6) is 2.57. The molecule has 0 aliphatic heterocycles. The first-order valence-electron chi connectivity index (χ1n) is 7.31. The predicted molar refractivity (Wildman–Crippen MR) is 84.3 cm³/mol. The van der Waals surface area contributed by atoms with Gasteiger partial charge < -0.3 is 9.47 Å². The molecule has 1 aromatic rings. The molecule has 0 N–H and O–H groups in total. The van der Waals surface area contributed by atoms with Crippen LogP contribution < -0.4 is 9.47 Å². The smallest absolute Gasteiger partial charge is 0.162 e. The van der Waals surface area contributed by atoms with Crippen molar-refractivity contribution in [2.45, 2.75) is 39.0 Å². The van der Waals surface area contributed by atoms with Gasteiger partial charge in [0.1, 0.15) is 0 Å². The third-order valence-electron chi connectivity index (χ3n) is 3.79. The van der Waals surface area contributed by atoms with E-state index >= 15 is 0 Å². The minimum atomic E-state index is -0.0788. The normalized spacial score (nSPS) is 17.6. The van der Waals surface area contributed by atoms with E-state index in [1.54, 1.807) is 0 Å². The van der Waals surface area contributed by atoms with E-state index < -0.39 is 0 Å². The highest BCUT2D eigenvalue weighted by Gasteiger charge is 2.34. The SMILES string of the molecule is CCOc1cc(Cl)c(C(Cl)C(C)C2CC2)cc1OCC. The zero-order chi connectivity index (χ0) is 14.7. The van der Waals surface area contributed by atoms with E-state index in [-0.39, 0.29) is 5.38 Å². The highest BCUT2D eigenvalue weighted by Crippen LogP contribution is 2.48. The fraction of sp³-hybridized carbons (Fsp3) is 0.625. The number of hydrogen-bond acceptors (Lipinski definition) is 2. The lowest BCUT2D eigenvalue weighted by molar-refractivity contribution is 0.287. The second kappa shape index (κ2) is 6.91. The summed E-state index contributed by atoms with van der Waals surface area (Å²) in [5.41, 5.74) is 0.944. The summed E-state index contributed by atoms with van der Waals surface area (Å²) in [4.78, 5) is 0. The summed E-state index contributed by atoms with van der Waals surface area (Å²) >= 11 is 13.0. The van der Waals surface area contributed by atoms with E-state index in [4.69, 9.17) is 32.7 Å². The standard InChI is InChI=1S/C16H22Cl2O2/c1-4-19-14-8-12(13(17)9-15(14)20-5-2)16(18)10(3)11-6-7-11/h8-11,16H,4-7H2,1-3H3. The molecule has 1 saturated carbocycles. The minimum absolute atomic E-state index is 0.0788. The Labute approximate surface area is 131 Å². The average molecular weight is 317 g/mol. The van der Waals surface area contributed by atoms with Crippen LogP contribution in [-0.4, -0.2) is 13.2 Å². The summed E-state index contributed by atoms with van der Waals surface area (Å²) < 4.78 is 11.2. The van der Waals surface area contributed by atoms with E-state index in [0.717, 1.165) is 17.2 Å². The Bertz CT molecular complexity index is 458. The van der Waals surface area contributed by atoms with Gasteiger partial charge in [-0.25, -0.2) is 0 Å². The minimum Gasteiger partial charge on any atom is -0.490 e. The van der Waals surface area contributed by atoms with Crippen LogP contribution >= 0.6 is 23.2 Å². The summed E-state index contributed by atoms with van der Waals surface area (Å²) in [6.45, 7) is 7.26. The third-order valence-corrected chi connectivity index (χ3v) is 4.75. The van der Waals surface area contributed by atoms with Gasteiger partial charge >= 0.3 is 0 Å². The molecule has 0 saturated heterocycles. The van der Waals surface area contributed by atoms with Gasteiger partial charge in [0.2, 0.25) is 0 Å². The lowest BCUT2D eigenvalue weighted by Crippen LogP contribution is -2.08. The molecule has 2 atom stereocenters. The maximum absolute atomic E-state index is 6.62.